The second kappa shape index (κ2) is 6.77. The number of fused-ring (bicyclic) bond motifs is 1. The maximum atomic E-state index is 12.6. The van der Waals surface area contributed by atoms with Gasteiger partial charge in [-0.05, 0) is 37.6 Å². The van der Waals surface area contributed by atoms with Crippen molar-refractivity contribution >= 4 is 27.8 Å². The maximum absolute atomic E-state index is 12.6. The number of benzene rings is 2. The molecule has 0 amide bonds. The van der Waals surface area contributed by atoms with Gasteiger partial charge in [0.2, 0.25) is 5.90 Å². The Labute approximate surface area is 149 Å². The summed E-state index contributed by atoms with van der Waals surface area (Å²) >= 11 is 3.50. The highest BCUT2D eigenvalue weighted by Gasteiger charge is 2.46. The summed E-state index contributed by atoms with van der Waals surface area (Å²) in [5, 5.41) is 0. The minimum absolute atomic E-state index is 0.389. The van der Waals surface area contributed by atoms with Crippen LogP contribution in [-0.2, 0) is 15.1 Å². The molecule has 24 heavy (non-hydrogen) atoms. The third kappa shape index (κ3) is 2.96. The Bertz CT molecular complexity index is 775. The summed E-state index contributed by atoms with van der Waals surface area (Å²) in [5.74, 6) is 0.684. The summed E-state index contributed by atoms with van der Waals surface area (Å²) in [4.78, 5) is 16.7. The van der Waals surface area contributed by atoms with E-state index in [9.17, 15) is 4.79 Å². The molecule has 0 aromatic heterocycles. The minimum Gasteiger partial charge on any atom is -0.478 e. The summed E-state index contributed by atoms with van der Waals surface area (Å²) in [6.45, 7) is 4.34. The molecule has 124 valence electrons. The number of hydrogen-bond donors (Lipinski definition) is 0. The number of para-hydroxylation sites is 1. The first-order chi connectivity index (χ1) is 11.6. The average Bonchev–Trinajstić information content (AvgIpc) is 2.89. The van der Waals surface area contributed by atoms with E-state index in [0.717, 1.165) is 11.1 Å². The molecule has 5 heteroatoms. The minimum atomic E-state index is -0.785. The first-order valence-electron chi connectivity index (χ1n) is 7.79. The fraction of sp³-hybridized carbons (Fsp3) is 0.263. The van der Waals surface area contributed by atoms with Gasteiger partial charge in [-0.15, -0.1) is 0 Å². The molecule has 1 aliphatic heterocycles. The van der Waals surface area contributed by atoms with Crippen molar-refractivity contribution in [2.75, 3.05) is 6.61 Å². The fourth-order valence-electron chi connectivity index (χ4n) is 2.77. The third-order valence-electron chi connectivity index (χ3n) is 3.98. The van der Waals surface area contributed by atoms with E-state index in [2.05, 4.69) is 20.9 Å². The molecule has 1 heterocycles. The number of halogens is 1. The van der Waals surface area contributed by atoms with Crippen molar-refractivity contribution in [3.8, 4) is 5.75 Å². The van der Waals surface area contributed by atoms with Gasteiger partial charge in [-0.3, -0.25) is 4.79 Å². The SMILES string of the molecule is CCOC1=NC(C)(C(Br)C(=O)Oc2ccccc2)c2ccccc21. The van der Waals surface area contributed by atoms with Gasteiger partial charge in [0.15, 0.2) is 0 Å². The van der Waals surface area contributed by atoms with Gasteiger partial charge >= 0.3 is 5.97 Å². The zero-order valence-electron chi connectivity index (χ0n) is 13.5. The van der Waals surface area contributed by atoms with Crippen molar-refractivity contribution in [3.05, 3.63) is 65.7 Å². The Hall–Kier alpha value is -2.14. The molecular weight excluding hydrogens is 370 g/mol. The van der Waals surface area contributed by atoms with Crippen molar-refractivity contribution in [1.82, 2.24) is 0 Å². The molecule has 0 bridgehead atoms. The van der Waals surface area contributed by atoms with E-state index < -0.39 is 10.4 Å². The first kappa shape index (κ1) is 16.7. The number of alkyl halides is 1. The van der Waals surface area contributed by atoms with E-state index in [0.29, 0.717) is 18.3 Å². The van der Waals surface area contributed by atoms with Crippen LogP contribution in [0.1, 0.15) is 25.0 Å². The lowest BCUT2D eigenvalue weighted by atomic mass is 9.88. The largest absolute Gasteiger partial charge is 0.478 e. The van der Waals surface area contributed by atoms with Crippen molar-refractivity contribution in [1.29, 1.82) is 0 Å². The Morgan fingerprint density at radius 1 is 1.17 bits per heavy atom. The molecule has 0 saturated carbocycles. The Balaban J connectivity index is 1.90. The Kier molecular flexibility index (Phi) is 4.71. The molecule has 0 spiro atoms. The zero-order valence-corrected chi connectivity index (χ0v) is 15.1. The maximum Gasteiger partial charge on any atom is 0.327 e. The summed E-state index contributed by atoms with van der Waals surface area (Å²) in [6, 6.07) is 16.8. The molecule has 3 rings (SSSR count). The molecule has 0 saturated heterocycles. The van der Waals surface area contributed by atoms with E-state index in [1.54, 1.807) is 12.1 Å². The van der Waals surface area contributed by atoms with Crippen molar-refractivity contribution < 1.29 is 14.3 Å². The van der Waals surface area contributed by atoms with Gasteiger partial charge in [-0.25, -0.2) is 4.99 Å². The topological polar surface area (TPSA) is 47.9 Å². The standard InChI is InChI=1S/C19H18BrNO3/c1-3-23-17-14-11-7-8-12-15(14)19(2,21-17)16(20)18(22)24-13-9-5-4-6-10-13/h4-12,16H,3H2,1-2H3. The van der Waals surface area contributed by atoms with E-state index in [1.165, 1.54) is 0 Å². The van der Waals surface area contributed by atoms with Crippen LogP contribution in [0.15, 0.2) is 59.6 Å². The van der Waals surface area contributed by atoms with Crippen LogP contribution < -0.4 is 4.74 Å². The van der Waals surface area contributed by atoms with Crippen LogP contribution in [0.3, 0.4) is 0 Å². The lowest BCUT2D eigenvalue weighted by Gasteiger charge is -2.26. The van der Waals surface area contributed by atoms with E-state index in [-0.39, 0.29) is 5.97 Å². The second-order valence-electron chi connectivity index (χ2n) is 5.64. The monoisotopic (exact) mass is 387 g/mol. The molecule has 2 aromatic rings. The molecule has 4 nitrogen and oxygen atoms in total. The molecule has 2 atom stereocenters. The lowest BCUT2D eigenvalue weighted by molar-refractivity contribution is -0.134. The molecule has 2 unspecified atom stereocenters. The molecule has 0 aliphatic carbocycles. The van der Waals surface area contributed by atoms with Gasteiger partial charge in [0.05, 0.1) is 6.61 Å². The van der Waals surface area contributed by atoms with Crippen molar-refractivity contribution in [2.24, 2.45) is 4.99 Å². The number of esters is 1. The van der Waals surface area contributed by atoms with Crippen LogP contribution >= 0.6 is 15.9 Å². The molecular formula is C19H18BrNO3. The molecule has 2 aromatic carbocycles. The molecule has 0 fully saturated rings. The quantitative estimate of drug-likeness (QED) is 0.451. The van der Waals surface area contributed by atoms with Crippen LogP contribution in [-0.4, -0.2) is 23.3 Å². The lowest BCUT2D eigenvalue weighted by Crippen LogP contribution is -2.38. The van der Waals surface area contributed by atoms with Gasteiger partial charge in [-0.1, -0.05) is 52.3 Å². The van der Waals surface area contributed by atoms with Gasteiger partial charge in [0, 0.05) is 5.56 Å². The highest BCUT2D eigenvalue weighted by molar-refractivity contribution is 9.10. The highest BCUT2D eigenvalue weighted by atomic mass is 79.9. The number of rotatable bonds is 4. The zero-order chi connectivity index (χ0) is 17.2. The number of nitrogens with zero attached hydrogens (tertiary/aromatic N) is 1. The van der Waals surface area contributed by atoms with Crippen molar-refractivity contribution in [3.63, 3.8) is 0 Å². The van der Waals surface area contributed by atoms with E-state index >= 15 is 0 Å². The van der Waals surface area contributed by atoms with Crippen molar-refractivity contribution in [2.45, 2.75) is 24.2 Å². The summed E-state index contributed by atoms with van der Waals surface area (Å²) in [7, 11) is 0. The van der Waals surface area contributed by atoms with Gasteiger partial charge in [0.1, 0.15) is 16.1 Å². The Morgan fingerprint density at radius 2 is 1.83 bits per heavy atom. The third-order valence-corrected chi connectivity index (χ3v) is 5.25. The summed E-state index contributed by atoms with van der Waals surface area (Å²) in [5.41, 5.74) is 1.08. The van der Waals surface area contributed by atoms with E-state index in [4.69, 9.17) is 9.47 Å². The smallest absolute Gasteiger partial charge is 0.327 e. The number of ether oxygens (including phenoxy) is 2. The number of carbonyl (C=O) groups excluding carboxylic acids is 1. The average molecular weight is 388 g/mol. The predicted octanol–water partition coefficient (Wildman–Crippen LogP) is 4.07. The van der Waals surface area contributed by atoms with Crippen LogP contribution in [0, 0.1) is 0 Å². The molecule has 0 N–H and O–H groups in total. The van der Waals surface area contributed by atoms with Gasteiger partial charge in [-0.2, -0.15) is 0 Å². The number of hydrogen-bond acceptors (Lipinski definition) is 4. The number of aliphatic imine (C=N–C) groups is 1. The fourth-order valence-corrected chi connectivity index (χ4v) is 3.21. The first-order valence-corrected chi connectivity index (χ1v) is 8.71. The van der Waals surface area contributed by atoms with Crippen LogP contribution in [0.25, 0.3) is 0 Å². The predicted molar refractivity (Wildman–Crippen MR) is 96.7 cm³/mol. The number of carbonyl (C=O) groups is 1. The summed E-state index contributed by atoms with van der Waals surface area (Å²) < 4.78 is 11.1. The summed E-state index contributed by atoms with van der Waals surface area (Å²) in [6.07, 6.45) is 0. The highest BCUT2D eigenvalue weighted by Crippen LogP contribution is 2.41. The van der Waals surface area contributed by atoms with Crippen LogP contribution in [0.2, 0.25) is 0 Å². The van der Waals surface area contributed by atoms with E-state index in [1.807, 2.05) is 56.3 Å². The second-order valence-corrected chi connectivity index (χ2v) is 6.56. The Morgan fingerprint density at radius 3 is 2.54 bits per heavy atom. The van der Waals surface area contributed by atoms with Crippen LogP contribution in [0.4, 0.5) is 0 Å². The molecule has 1 aliphatic rings. The van der Waals surface area contributed by atoms with Gasteiger partial charge < -0.3 is 9.47 Å². The van der Waals surface area contributed by atoms with Crippen LogP contribution in [0.5, 0.6) is 5.75 Å². The normalized spacial score (nSPS) is 20.0. The molecule has 0 radical (unpaired) electrons. The van der Waals surface area contributed by atoms with Gasteiger partial charge in [0.25, 0.3) is 0 Å².